The van der Waals surface area contributed by atoms with E-state index in [9.17, 15) is 13.2 Å². The van der Waals surface area contributed by atoms with Gasteiger partial charge in [-0.25, -0.2) is 0 Å². The topological polar surface area (TPSA) is 69.7 Å². The van der Waals surface area contributed by atoms with Crippen LogP contribution in [-0.4, -0.2) is 49.1 Å². The van der Waals surface area contributed by atoms with E-state index < -0.39 is 16.3 Å². The Balaban J connectivity index is 1.95. The van der Waals surface area contributed by atoms with Gasteiger partial charge in [0.15, 0.2) is 0 Å². The van der Waals surface area contributed by atoms with Crippen LogP contribution in [0.15, 0.2) is 24.3 Å². The number of carbonyl (C=O) groups excluding carboxylic acids is 1. The Morgan fingerprint density at radius 3 is 2.62 bits per heavy atom. The summed E-state index contributed by atoms with van der Waals surface area (Å²) in [4.78, 5) is 12.3. The highest BCUT2D eigenvalue weighted by Crippen LogP contribution is 2.29. The molecule has 132 valence electrons. The van der Waals surface area contributed by atoms with Crippen LogP contribution in [0.3, 0.4) is 0 Å². The number of benzene rings is 1. The Bertz CT molecular complexity index is 720. The minimum atomic E-state index is -3.66. The normalized spacial score (nSPS) is 25.9. The second-order valence-corrected chi connectivity index (χ2v) is 8.64. The van der Waals surface area contributed by atoms with E-state index in [1.807, 2.05) is 24.3 Å². The van der Waals surface area contributed by atoms with E-state index in [1.54, 1.807) is 11.4 Å². The SMILES string of the molecule is CNC(=O)C1Cc2ccccc2CN1S(=O)(=O)N1CCCC(C)C1. The van der Waals surface area contributed by atoms with Crippen molar-refractivity contribution in [3.63, 3.8) is 0 Å². The lowest BCUT2D eigenvalue weighted by molar-refractivity contribution is -0.124. The molecule has 1 saturated heterocycles. The van der Waals surface area contributed by atoms with Gasteiger partial charge < -0.3 is 5.32 Å². The highest BCUT2D eigenvalue weighted by Gasteiger charge is 2.42. The first kappa shape index (κ1) is 17.4. The summed E-state index contributed by atoms with van der Waals surface area (Å²) < 4.78 is 29.3. The van der Waals surface area contributed by atoms with Crippen molar-refractivity contribution >= 4 is 16.1 Å². The van der Waals surface area contributed by atoms with Gasteiger partial charge >= 0.3 is 0 Å². The van der Waals surface area contributed by atoms with Gasteiger partial charge in [0.05, 0.1) is 0 Å². The maximum absolute atomic E-state index is 13.2. The standard InChI is InChI=1S/C17H25N3O3S/c1-13-6-5-9-19(11-13)24(22,23)20-12-15-8-4-3-7-14(15)10-16(20)17(21)18-2/h3-4,7-8,13,16H,5-6,9-12H2,1-2H3,(H,18,21). The largest absolute Gasteiger partial charge is 0.358 e. The number of amides is 1. The Morgan fingerprint density at radius 1 is 1.25 bits per heavy atom. The lowest BCUT2D eigenvalue weighted by Crippen LogP contribution is -2.57. The third-order valence-electron chi connectivity index (χ3n) is 5.00. The van der Waals surface area contributed by atoms with Crippen LogP contribution in [0.1, 0.15) is 30.9 Å². The molecule has 1 N–H and O–H groups in total. The molecular weight excluding hydrogens is 326 g/mol. The van der Waals surface area contributed by atoms with Gasteiger partial charge in [-0.05, 0) is 36.3 Å². The highest BCUT2D eigenvalue weighted by atomic mass is 32.2. The Kier molecular flexibility index (Phi) is 4.94. The molecule has 0 bridgehead atoms. The number of fused-ring (bicyclic) bond motifs is 1. The molecule has 2 atom stereocenters. The molecule has 2 unspecified atom stereocenters. The van der Waals surface area contributed by atoms with Crippen LogP contribution in [0.5, 0.6) is 0 Å². The molecule has 1 amide bonds. The van der Waals surface area contributed by atoms with Crippen molar-refractivity contribution in [3.8, 4) is 0 Å². The molecule has 0 radical (unpaired) electrons. The number of likely N-dealkylation sites (N-methyl/N-ethyl adjacent to an activating group) is 1. The van der Waals surface area contributed by atoms with Crippen LogP contribution < -0.4 is 5.32 Å². The van der Waals surface area contributed by atoms with Crippen molar-refractivity contribution in [2.45, 2.75) is 38.8 Å². The molecule has 0 aliphatic carbocycles. The van der Waals surface area contributed by atoms with Gasteiger partial charge in [-0.15, -0.1) is 0 Å². The number of nitrogens with zero attached hydrogens (tertiary/aromatic N) is 2. The number of nitrogens with one attached hydrogen (secondary N) is 1. The van der Waals surface area contributed by atoms with E-state index in [2.05, 4.69) is 12.2 Å². The molecule has 0 aromatic heterocycles. The number of hydrogen-bond acceptors (Lipinski definition) is 3. The molecule has 1 aromatic carbocycles. The molecule has 1 fully saturated rings. The average Bonchev–Trinajstić information content (AvgIpc) is 2.60. The van der Waals surface area contributed by atoms with E-state index in [0.717, 1.165) is 24.0 Å². The lowest BCUT2D eigenvalue weighted by atomic mass is 9.95. The van der Waals surface area contributed by atoms with Gasteiger partial charge in [-0.2, -0.15) is 17.0 Å². The van der Waals surface area contributed by atoms with Gasteiger partial charge in [0.2, 0.25) is 5.91 Å². The molecule has 6 nitrogen and oxygen atoms in total. The zero-order chi connectivity index (χ0) is 17.3. The summed E-state index contributed by atoms with van der Waals surface area (Å²) in [5.74, 6) is 0.0992. The van der Waals surface area contributed by atoms with Gasteiger partial charge in [0, 0.05) is 26.7 Å². The summed E-state index contributed by atoms with van der Waals surface area (Å²) in [5, 5.41) is 2.62. The number of hydrogen-bond donors (Lipinski definition) is 1. The predicted molar refractivity (Wildman–Crippen MR) is 92.4 cm³/mol. The van der Waals surface area contributed by atoms with E-state index >= 15 is 0 Å². The average molecular weight is 351 g/mol. The van der Waals surface area contributed by atoms with Crippen LogP contribution >= 0.6 is 0 Å². The van der Waals surface area contributed by atoms with Crippen molar-refractivity contribution < 1.29 is 13.2 Å². The number of rotatable bonds is 3. The van der Waals surface area contributed by atoms with Crippen LogP contribution in [0.25, 0.3) is 0 Å². The maximum Gasteiger partial charge on any atom is 0.283 e. The number of carbonyl (C=O) groups is 1. The summed E-state index contributed by atoms with van der Waals surface area (Å²) in [5.41, 5.74) is 2.02. The van der Waals surface area contributed by atoms with E-state index in [1.165, 1.54) is 4.31 Å². The fourth-order valence-corrected chi connectivity index (χ4v) is 5.53. The Morgan fingerprint density at radius 2 is 1.96 bits per heavy atom. The van der Waals surface area contributed by atoms with Crippen molar-refractivity contribution in [1.82, 2.24) is 13.9 Å². The highest BCUT2D eigenvalue weighted by molar-refractivity contribution is 7.86. The quantitative estimate of drug-likeness (QED) is 0.888. The summed E-state index contributed by atoms with van der Waals surface area (Å²) in [6.07, 6.45) is 2.33. The summed E-state index contributed by atoms with van der Waals surface area (Å²) in [7, 11) is -2.11. The van der Waals surface area contributed by atoms with E-state index in [-0.39, 0.29) is 12.5 Å². The molecular formula is C17H25N3O3S. The van der Waals surface area contributed by atoms with Crippen molar-refractivity contribution in [3.05, 3.63) is 35.4 Å². The third-order valence-corrected chi connectivity index (χ3v) is 6.96. The van der Waals surface area contributed by atoms with Crippen LogP contribution in [-0.2, 0) is 28.0 Å². The predicted octanol–water partition coefficient (Wildman–Crippen LogP) is 1.14. The Hall–Kier alpha value is -1.44. The molecule has 3 rings (SSSR count). The van der Waals surface area contributed by atoms with E-state index in [4.69, 9.17) is 0 Å². The molecule has 0 spiro atoms. The minimum absolute atomic E-state index is 0.251. The first-order chi connectivity index (χ1) is 11.4. The maximum atomic E-state index is 13.2. The molecule has 2 aliphatic rings. The van der Waals surface area contributed by atoms with Crippen LogP contribution in [0.2, 0.25) is 0 Å². The summed E-state index contributed by atoms with van der Waals surface area (Å²) in [6.45, 7) is 3.39. The van der Waals surface area contributed by atoms with Crippen molar-refractivity contribution in [2.75, 3.05) is 20.1 Å². The zero-order valence-corrected chi connectivity index (χ0v) is 15.1. The summed E-state index contributed by atoms with van der Waals surface area (Å²) >= 11 is 0. The van der Waals surface area contributed by atoms with Crippen LogP contribution in [0.4, 0.5) is 0 Å². The minimum Gasteiger partial charge on any atom is -0.358 e. The molecule has 0 saturated carbocycles. The smallest absolute Gasteiger partial charge is 0.283 e. The molecule has 2 heterocycles. The van der Waals surface area contributed by atoms with Crippen molar-refractivity contribution in [2.24, 2.45) is 5.92 Å². The molecule has 2 aliphatic heterocycles. The summed E-state index contributed by atoms with van der Waals surface area (Å²) in [6, 6.07) is 7.06. The van der Waals surface area contributed by atoms with Gasteiger partial charge in [0.25, 0.3) is 10.2 Å². The molecule has 1 aromatic rings. The monoisotopic (exact) mass is 351 g/mol. The Labute approximate surface area is 144 Å². The van der Waals surface area contributed by atoms with E-state index in [0.29, 0.717) is 25.4 Å². The van der Waals surface area contributed by atoms with Gasteiger partial charge in [0.1, 0.15) is 6.04 Å². The van der Waals surface area contributed by atoms with Gasteiger partial charge in [-0.3, -0.25) is 4.79 Å². The fourth-order valence-electron chi connectivity index (χ4n) is 3.64. The lowest BCUT2D eigenvalue weighted by Gasteiger charge is -2.39. The zero-order valence-electron chi connectivity index (χ0n) is 14.2. The fraction of sp³-hybridized carbons (Fsp3) is 0.588. The first-order valence-corrected chi connectivity index (χ1v) is 9.88. The van der Waals surface area contributed by atoms with Gasteiger partial charge in [-0.1, -0.05) is 31.2 Å². The third kappa shape index (κ3) is 3.20. The molecule has 7 heteroatoms. The number of piperidine rings is 1. The van der Waals surface area contributed by atoms with Crippen molar-refractivity contribution in [1.29, 1.82) is 0 Å². The van der Waals surface area contributed by atoms with Crippen LogP contribution in [0, 0.1) is 5.92 Å². The first-order valence-electron chi connectivity index (χ1n) is 8.48. The second-order valence-electron chi connectivity index (χ2n) is 6.76. The molecule has 24 heavy (non-hydrogen) atoms. The second kappa shape index (κ2) is 6.82.